The molecule has 2 aromatic carbocycles. The van der Waals surface area contributed by atoms with Crippen molar-refractivity contribution in [2.45, 2.75) is 50.7 Å². The van der Waals surface area contributed by atoms with Crippen LogP contribution in [0.25, 0.3) is 33.5 Å². The van der Waals surface area contributed by atoms with Crippen molar-refractivity contribution in [3.63, 3.8) is 0 Å². The number of carbonyl (C=O) groups excluding carboxylic acids is 1. The number of aromatic nitrogens is 3. The zero-order valence-corrected chi connectivity index (χ0v) is 25.5. The number of nitrogens with two attached hydrogens (primary N) is 1. The Bertz CT molecular complexity index is 1890. The van der Waals surface area contributed by atoms with E-state index in [1.165, 1.54) is 12.8 Å². The van der Waals surface area contributed by atoms with Gasteiger partial charge in [-0.15, -0.1) is 0 Å². The molecule has 11 heteroatoms. The van der Waals surface area contributed by atoms with Gasteiger partial charge >= 0.3 is 0 Å². The van der Waals surface area contributed by atoms with E-state index in [0.717, 1.165) is 65.1 Å². The fraction of sp³-hybridized carbons (Fsp3) is 0.500. The van der Waals surface area contributed by atoms with Gasteiger partial charge in [-0.05, 0) is 74.3 Å². The van der Waals surface area contributed by atoms with Gasteiger partial charge in [0.25, 0.3) is 5.91 Å². The van der Waals surface area contributed by atoms with Gasteiger partial charge in [0.05, 0.1) is 29.6 Å². The third-order valence-electron chi connectivity index (χ3n) is 10.2. The molecule has 226 valence electrons. The molecule has 4 fully saturated rings. The maximum atomic E-state index is 13.7. The molecule has 2 saturated carbocycles. The van der Waals surface area contributed by atoms with E-state index >= 15 is 0 Å². The molecule has 2 N–H and O–H groups in total. The summed E-state index contributed by atoms with van der Waals surface area (Å²) in [6.45, 7) is 2.32. The van der Waals surface area contributed by atoms with Crippen LogP contribution in [-0.4, -0.2) is 77.3 Å². The number of nitrogens with zero attached hydrogens (tertiary/aromatic N) is 5. The lowest BCUT2D eigenvalue weighted by Crippen LogP contribution is -2.41. The normalized spacial score (nSPS) is 24.9. The van der Waals surface area contributed by atoms with Crippen molar-refractivity contribution in [2.24, 2.45) is 24.6 Å². The van der Waals surface area contributed by atoms with E-state index in [2.05, 4.69) is 27.3 Å². The summed E-state index contributed by atoms with van der Waals surface area (Å²) in [4.78, 5) is 22.7. The standard InChI is InChI=1S/C32H38N6O4S/c1-35-30-24(12-22(14-28(30)42-2)32(39)38-17-21-7-9-25(38)29(21)33)34-31(35)27-13-20-6-8-23(36-10-3-11-43(40,41)18-36)15-26(20)37(27)16-19-4-5-19/h6,8,12-15,19,21,25,29H,3-5,7,9-11,16-18,33H2,1-2H3/t21?,25?,29-/m1/s1. The number of imidazole rings is 1. The van der Waals surface area contributed by atoms with Gasteiger partial charge in [-0.25, -0.2) is 13.4 Å². The number of ether oxygens (including phenoxy) is 1. The Balaban J connectivity index is 1.22. The molecule has 43 heavy (non-hydrogen) atoms. The van der Waals surface area contributed by atoms with Gasteiger partial charge in [0, 0.05) is 55.4 Å². The first-order valence-corrected chi connectivity index (χ1v) is 17.2. The molecule has 0 radical (unpaired) electrons. The predicted molar refractivity (Wildman–Crippen MR) is 167 cm³/mol. The number of benzene rings is 2. The van der Waals surface area contributed by atoms with Crippen molar-refractivity contribution in [3.8, 4) is 17.3 Å². The summed E-state index contributed by atoms with van der Waals surface area (Å²) in [5.74, 6) is 2.73. The van der Waals surface area contributed by atoms with Crippen LogP contribution >= 0.6 is 0 Å². The smallest absolute Gasteiger partial charge is 0.254 e. The monoisotopic (exact) mass is 602 g/mol. The average molecular weight is 603 g/mol. The van der Waals surface area contributed by atoms with Crippen LogP contribution in [0.15, 0.2) is 36.4 Å². The van der Waals surface area contributed by atoms with Crippen molar-refractivity contribution in [2.75, 3.05) is 36.7 Å². The molecule has 3 atom stereocenters. The number of piperidine rings is 1. The Kier molecular flexibility index (Phi) is 6.11. The predicted octanol–water partition coefficient (Wildman–Crippen LogP) is 3.76. The van der Waals surface area contributed by atoms with Crippen molar-refractivity contribution in [1.82, 2.24) is 19.0 Å². The Morgan fingerprint density at radius 1 is 1.12 bits per heavy atom. The Hall–Kier alpha value is -3.57. The van der Waals surface area contributed by atoms with E-state index < -0.39 is 9.84 Å². The third-order valence-corrected chi connectivity index (χ3v) is 11.8. The number of methoxy groups -OCH3 is 1. The summed E-state index contributed by atoms with van der Waals surface area (Å²) in [6, 6.07) is 12.3. The Labute approximate surface area is 251 Å². The van der Waals surface area contributed by atoms with E-state index in [4.69, 9.17) is 15.5 Å². The summed E-state index contributed by atoms with van der Waals surface area (Å²) in [7, 11) is 0.554. The highest BCUT2D eigenvalue weighted by atomic mass is 32.2. The number of anilines is 1. The minimum Gasteiger partial charge on any atom is -0.494 e. The summed E-state index contributed by atoms with van der Waals surface area (Å²) in [5.41, 5.74) is 11.6. The molecule has 4 heterocycles. The largest absolute Gasteiger partial charge is 0.494 e. The molecule has 2 aliphatic carbocycles. The Morgan fingerprint density at radius 3 is 2.65 bits per heavy atom. The lowest BCUT2D eigenvalue weighted by molar-refractivity contribution is 0.0700. The van der Waals surface area contributed by atoms with Crippen LogP contribution in [0.5, 0.6) is 5.75 Å². The molecule has 2 saturated heterocycles. The zero-order valence-electron chi connectivity index (χ0n) is 24.7. The number of sulfone groups is 1. The van der Waals surface area contributed by atoms with E-state index in [1.807, 2.05) is 35.0 Å². The highest BCUT2D eigenvalue weighted by Gasteiger charge is 2.47. The summed E-state index contributed by atoms with van der Waals surface area (Å²) in [5, 5.41) is 1.09. The van der Waals surface area contributed by atoms with Crippen molar-refractivity contribution in [3.05, 3.63) is 42.0 Å². The third kappa shape index (κ3) is 4.42. The molecular formula is C32H38N6O4S. The molecular weight excluding hydrogens is 564 g/mol. The molecule has 4 aromatic rings. The van der Waals surface area contributed by atoms with Gasteiger partial charge in [-0.1, -0.05) is 6.07 Å². The van der Waals surface area contributed by atoms with Crippen LogP contribution < -0.4 is 15.4 Å². The minimum atomic E-state index is -3.08. The van der Waals surface area contributed by atoms with Crippen LogP contribution in [0.4, 0.5) is 5.69 Å². The van der Waals surface area contributed by atoms with Gasteiger partial charge in [-0.3, -0.25) is 4.79 Å². The van der Waals surface area contributed by atoms with Crippen molar-refractivity contribution >= 4 is 43.4 Å². The highest BCUT2D eigenvalue weighted by molar-refractivity contribution is 7.91. The number of hydrogen-bond donors (Lipinski definition) is 1. The number of hydrogen-bond acceptors (Lipinski definition) is 7. The quantitative estimate of drug-likeness (QED) is 0.357. The second-order valence-electron chi connectivity index (χ2n) is 13.0. The first kappa shape index (κ1) is 27.0. The van der Waals surface area contributed by atoms with Crippen molar-refractivity contribution in [1.29, 1.82) is 0 Å². The number of likely N-dealkylation sites (tertiary alicyclic amines) is 1. The van der Waals surface area contributed by atoms with Crippen LogP contribution in [0.3, 0.4) is 0 Å². The van der Waals surface area contributed by atoms with E-state index in [9.17, 15) is 13.2 Å². The van der Waals surface area contributed by atoms with Gasteiger partial charge in [0.15, 0.2) is 15.7 Å². The van der Waals surface area contributed by atoms with Gasteiger partial charge in [-0.2, -0.15) is 0 Å². The topological polar surface area (TPSA) is 116 Å². The second kappa shape index (κ2) is 9.72. The van der Waals surface area contributed by atoms with E-state index in [1.54, 1.807) is 7.11 Å². The number of aryl methyl sites for hydroxylation is 1. The molecule has 10 nitrogen and oxygen atoms in total. The maximum Gasteiger partial charge on any atom is 0.254 e. The van der Waals surface area contributed by atoms with Crippen molar-refractivity contribution < 1.29 is 17.9 Å². The van der Waals surface area contributed by atoms with Crippen LogP contribution in [0.2, 0.25) is 0 Å². The summed E-state index contributed by atoms with van der Waals surface area (Å²) >= 11 is 0. The average Bonchev–Trinajstić information content (AvgIpc) is 3.40. The summed E-state index contributed by atoms with van der Waals surface area (Å²) in [6.07, 6.45) is 5.10. The molecule has 0 spiro atoms. The van der Waals surface area contributed by atoms with Gasteiger partial charge < -0.3 is 29.4 Å². The molecule has 2 aromatic heterocycles. The molecule has 1 amide bonds. The van der Waals surface area contributed by atoms with Gasteiger partial charge in [0.2, 0.25) is 0 Å². The Morgan fingerprint density at radius 2 is 1.95 bits per heavy atom. The minimum absolute atomic E-state index is 0.00911. The molecule has 2 bridgehead atoms. The first-order valence-electron chi connectivity index (χ1n) is 15.4. The van der Waals surface area contributed by atoms with Gasteiger partial charge in [0.1, 0.15) is 17.1 Å². The lowest BCUT2D eigenvalue weighted by atomic mass is 10.1. The fourth-order valence-electron chi connectivity index (χ4n) is 7.69. The molecule has 2 aliphatic heterocycles. The molecule has 2 unspecified atom stereocenters. The second-order valence-corrected chi connectivity index (χ2v) is 15.2. The van der Waals surface area contributed by atoms with Crippen LogP contribution in [0, 0.1) is 11.8 Å². The number of amides is 1. The fourth-order valence-corrected chi connectivity index (χ4v) is 9.14. The highest BCUT2D eigenvalue weighted by Crippen LogP contribution is 2.41. The van der Waals surface area contributed by atoms with Crippen LogP contribution in [0.1, 0.15) is 42.5 Å². The molecule has 8 rings (SSSR count). The summed E-state index contributed by atoms with van der Waals surface area (Å²) < 4.78 is 35.0. The van der Waals surface area contributed by atoms with E-state index in [0.29, 0.717) is 36.1 Å². The maximum absolute atomic E-state index is 13.7. The SMILES string of the molecule is COc1cc(C(=O)N2CC3CCC2[C@@H]3N)cc2nc(-c3cc4ccc(N5CCCS(=O)(=O)C5)cc4n3CC3CC3)n(C)c12. The first-order chi connectivity index (χ1) is 20.7. The number of carbonyl (C=O) groups is 1. The number of fused-ring (bicyclic) bond motifs is 4. The zero-order chi connectivity index (χ0) is 29.6. The lowest BCUT2D eigenvalue weighted by Gasteiger charge is -2.28. The van der Waals surface area contributed by atoms with Crippen LogP contribution in [-0.2, 0) is 23.4 Å². The van der Waals surface area contributed by atoms with E-state index in [-0.39, 0.29) is 29.6 Å². The molecule has 4 aliphatic rings. The number of rotatable bonds is 6.